The summed E-state index contributed by atoms with van der Waals surface area (Å²) < 4.78 is 7.84. The second-order valence-corrected chi connectivity index (χ2v) is 10.3. The molecule has 2 heterocycles. The van der Waals surface area contributed by atoms with Gasteiger partial charge in [-0.1, -0.05) is 41.7 Å². The van der Waals surface area contributed by atoms with Crippen LogP contribution >= 0.6 is 34.4 Å². The smallest absolute Gasteiger partial charge is 0.338 e. The van der Waals surface area contributed by atoms with Gasteiger partial charge in [0.2, 0.25) is 5.91 Å². The molecule has 186 valence electrons. The number of hydrogen-bond donors (Lipinski definition) is 1. The fraction of sp³-hybridized carbons (Fsp3) is 0.240. The van der Waals surface area contributed by atoms with Crippen LogP contribution in [0.1, 0.15) is 24.2 Å². The fourth-order valence-corrected chi connectivity index (χ4v) is 5.89. The number of carbonyl (C=O) groups is 3. The predicted molar refractivity (Wildman–Crippen MR) is 146 cm³/mol. The Morgan fingerprint density at radius 1 is 1.11 bits per heavy atom. The van der Waals surface area contributed by atoms with Crippen molar-refractivity contribution < 1.29 is 19.1 Å². The summed E-state index contributed by atoms with van der Waals surface area (Å²) in [6.07, 6.45) is 0. The molecule has 0 bridgehead atoms. The third-order valence-corrected chi connectivity index (χ3v) is 7.73. The third kappa shape index (κ3) is 6.28. The number of aromatic nitrogens is 2. The zero-order valence-corrected chi connectivity index (χ0v) is 22.2. The van der Waals surface area contributed by atoms with Crippen molar-refractivity contribution in [3.8, 4) is 11.3 Å². The number of benzene rings is 2. The second kappa shape index (κ2) is 12.1. The number of nitrogens with zero attached hydrogens (tertiary/aromatic N) is 3. The Hall–Kier alpha value is -3.28. The van der Waals surface area contributed by atoms with Crippen LogP contribution in [0.3, 0.4) is 0 Å². The van der Waals surface area contributed by atoms with Crippen LogP contribution < -0.4 is 10.1 Å². The number of fused-ring (bicyclic) bond motifs is 1. The van der Waals surface area contributed by atoms with Gasteiger partial charge in [-0.15, -0.1) is 23.1 Å². The first-order valence-corrected chi connectivity index (χ1v) is 14.1. The molecule has 0 saturated heterocycles. The van der Waals surface area contributed by atoms with Crippen molar-refractivity contribution in [3.05, 3.63) is 64.3 Å². The number of rotatable bonds is 9. The molecule has 2 aromatic carbocycles. The van der Waals surface area contributed by atoms with E-state index in [1.54, 1.807) is 19.1 Å². The molecule has 8 nitrogen and oxygen atoms in total. The van der Waals surface area contributed by atoms with Crippen LogP contribution in [-0.2, 0) is 20.9 Å². The van der Waals surface area contributed by atoms with Crippen molar-refractivity contribution in [2.24, 2.45) is 4.99 Å². The molecule has 36 heavy (non-hydrogen) atoms. The molecule has 0 saturated carbocycles. The quantitative estimate of drug-likeness (QED) is 0.305. The molecule has 2 aromatic heterocycles. The van der Waals surface area contributed by atoms with Gasteiger partial charge < -0.3 is 14.6 Å². The number of nitrogens with one attached hydrogen (secondary N) is 1. The lowest BCUT2D eigenvalue weighted by Gasteiger charge is -2.03. The Kier molecular flexibility index (Phi) is 8.68. The third-order valence-electron chi connectivity index (χ3n) is 5.01. The summed E-state index contributed by atoms with van der Waals surface area (Å²) >= 11 is 3.90. The average Bonchev–Trinajstić information content (AvgIpc) is 3.48. The van der Waals surface area contributed by atoms with E-state index in [9.17, 15) is 14.4 Å². The van der Waals surface area contributed by atoms with Crippen molar-refractivity contribution in [3.63, 3.8) is 0 Å². The number of amides is 2. The summed E-state index contributed by atoms with van der Waals surface area (Å²) in [5.74, 6) is -0.738. The molecule has 11 heteroatoms. The molecule has 2 amide bonds. The van der Waals surface area contributed by atoms with Crippen LogP contribution in [-0.4, -0.2) is 45.4 Å². The van der Waals surface area contributed by atoms with Gasteiger partial charge in [0.1, 0.15) is 0 Å². The number of esters is 1. The molecule has 0 radical (unpaired) electrons. The summed E-state index contributed by atoms with van der Waals surface area (Å²) in [5, 5.41) is 5.19. The molecule has 4 aromatic rings. The summed E-state index contributed by atoms with van der Waals surface area (Å²) in [6, 6.07) is 15.0. The summed E-state index contributed by atoms with van der Waals surface area (Å²) in [5.41, 5.74) is 3.15. The largest absolute Gasteiger partial charge is 0.462 e. The van der Waals surface area contributed by atoms with Gasteiger partial charge >= 0.3 is 5.97 Å². The maximum Gasteiger partial charge on any atom is 0.338 e. The van der Waals surface area contributed by atoms with Crippen molar-refractivity contribution in [1.29, 1.82) is 0 Å². The fourth-order valence-electron chi connectivity index (χ4n) is 3.40. The van der Waals surface area contributed by atoms with E-state index in [-0.39, 0.29) is 29.3 Å². The van der Waals surface area contributed by atoms with Gasteiger partial charge in [-0.05, 0) is 32.0 Å². The Morgan fingerprint density at radius 3 is 2.67 bits per heavy atom. The maximum atomic E-state index is 12.5. The first kappa shape index (κ1) is 25.8. The number of carbonyl (C=O) groups excluding carboxylic acids is 3. The van der Waals surface area contributed by atoms with Gasteiger partial charge in [-0.3, -0.25) is 9.59 Å². The van der Waals surface area contributed by atoms with Gasteiger partial charge in [0.15, 0.2) is 9.93 Å². The average molecular weight is 541 g/mol. The molecule has 0 fully saturated rings. The molecule has 0 aliphatic carbocycles. The normalized spacial score (nSPS) is 11.6. The summed E-state index contributed by atoms with van der Waals surface area (Å²) in [6.45, 7) is 4.66. The Bertz CT molecular complexity index is 1460. The molecule has 0 spiro atoms. The molecular weight excluding hydrogens is 517 g/mol. The molecule has 0 unspecified atom stereocenters. The second-order valence-electron chi connectivity index (χ2n) is 7.48. The standard InChI is InChI=1S/C25H24N4O4S3/c1-3-29-19-11-10-17(23(32)33-4-2)12-20(19)36-25(29)28-22(31)15-34-14-21(30)27-24-26-18(13-35-24)16-8-6-5-7-9-16/h5-13H,3-4,14-15H2,1-2H3,(H,26,27,30). The van der Waals surface area contributed by atoms with Crippen LogP contribution in [0.15, 0.2) is 58.9 Å². The van der Waals surface area contributed by atoms with Gasteiger partial charge in [-0.2, -0.15) is 4.99 Å². The van der Waals surface area contributed by atoms with Crippen LogP contribution in [0.2, 0.25) is 0 Å². The predicted octanol–water partition coefficient (Wildman–Crippen LogP) is 4.82. The Morgan fingerprint density at radius 2 is 1.92 bits per heavy atom. The zero-order valence-electron chi connectivity index (χ0n) is 19.7. The van der Waals surface area contributed by atoms with E-state index >= 15 is 0 Å². The first-order chi connectivity index (χ1) is 17.5. The van der Waals surface area contributed by atoms with Crippen LogP contribution in [0.25, 0.3) is 21.5 Å². The molecule has 0 aliphatic heterocycles. The van der Waals surface area contributed by atoms with Gasteiger partial charge in [-0.25, -0.2) is 9.78 Å². The van der Waals surface area contributed by atoms with Gasteiger partial charge in [0, 0.05) is 17.5 Å². The maximum absolute atomic E-state index is 12.5. The number of ether oxygens (including phenoxy) is 1. The van der Waals surface area contributed by atoms with Crippen molar-refractivity contribution in [2.45, 2.75) is 20.4 Å². The Balaban J connectivity index is 1.35. The SMILES string of the molecule is CCOC(=O)c1ccc2c(c1)sc(=NC(=O)CSCC(=O)Nc1nc(-c3ccccc3)cs1)n2CC. The molecule has 0 atom stereocenters. The lowest BCUT2D eigenvalue weighted by atomic mass is 10.2. The minimum atomic E-state index is -0.380. The molecule has 1 N–H and O–H groups in total. The van der Waals surface area contributed by atoms with Gasteiger partial charge in [0.25, 0.3) is 5.91 Å². The van der Waals surface area contributed by atoms with E-state index in [1.807, 2.05) is 53.3 Å². The number of thiazole rings is 2. The lowest BCUT2D eigenvalue weighted by Crippen LogP contribution is -2.18. The summed E-state index contributed by atoms with van der Waals surface area (Å²) in [4.78, 5) is 46.1. The lowest BCUT2D eigenvalue weighted by molar-refractivity contribution is -0.115. The summed E-state index contributed by atoms with van der Waals surface area (Å²) in [7, 11) is 0. The number of thioether (sulfide) groups is 1. The number of anilines is 1. The van der Waals surface area contributed by atoms with Gasteiger partial charge in [0.05, 0.1) is 39.6 Å². The van der Waals surface area contributed by atoms with E-state index < -0.39 is 0 Å². The van der Waals surface area contributed by atoms with Crippen molar-refractivity contribution >= 4 is 67.6 Å². The van der Waals surface area contributed by atoms with Crippen molar-refractivity contribution in [1.82, 2.24) is 9.55 Å². The van der Waals surface area contributed by atoms with Crippen LogP contribution in [0, 0.1) is 0 Å². The minimum absolute atomic E-state index is 0.0760. The molecule has 4 rings (SSSR count). The number of aryl methyl sites for hydroxylation is 1. The topological polar surface area (TPSA) is 103 Å². The monoisotopic (exact) mass is 540 g/mol. The highest BCUT2D eigenvalue weighted by Crippen LogP contribution is 2.24. The minimum Gasteiger partial charge on any atom is -0.462 e. The van der Waals surface area contributed by atoms with Crippen LogP contribution in [0.5, 0.6) is 0 Å². The molecular formula is C25H24N4O4S3. The zero-order chi connectivity index (χ0) is 25.5. The van der Waals surface area contributed by atoms with E-state index in [1.165, 1.54) is 34.4 Å². The van der Waals surface area contributed by atoms with E-state index in [2.05, 4.69) is 15.3 Å². The van der Waals surface area contributed by atoms with Crippen LogP contribution in [0.4, 0.5) is 5.13 Å². The Labute approximate surface area is 220 Å². The first-order valence-electron chi connectivity index (χ1n) is 11.2. The highest BCUT2D eigenvalue weighted by atomic mass is 32.2. The number of hydrogen-bond acceptors (Lipinski definition) is 8. The highest BCUT2D eigenvalue weighted by Gasteiger charge is 2.13. The van der Waals surface area contributed by atoms with E-state index in [4.69, 9.17) is 4.74 Å². The van der Waals surface area contributed by atoms with E-state index in [0.717, 1.165) is 21.5 Å². The van der Waals surface area contributed by atoms with Crippen molar-refractivity contribution in [2.75, 3.05) is 23.4 Å². The molecule has 0 aliphatic rings. The van der Waals surface area contributed by atoms with E-state index in [0.29, 0.717) is 28.6 Å². The highest BCUT2D eigenvalue weighted by molar-refractivity contribution is 8.00.